The van der Waals surface area contributed by atoms with Gasteiger partial charge >= 0.3 is 0 Å². The van der Waals surface area contributed by atoms with E-state index >= 15 is 0 Å². The molecule has 21 heavy (non-hydrogen) atoms. The van der Waals surface area contributed by atoms with Crippen LogP contribution in [0, 0.1) is 11.3 Å². The Labute approximate surface area is 125 Å². The summed E-state index contributed by atoms with van der Waals surface area (Å²) in [5.74, 6) is 0.348. The van der Waals surface area contributed by atoms with Crippen LogP contribution < -0.4 is 4.74 Å². The summed E-state index contributed by atoms with van der Waals surface area (Å²) in [5.41, 5.74) is 0.586. The van der Waals surface area contributed by atoms with Crippen molar-refractivity contribution in [1.82, 2.24) is 4.90 Å². The topological polar surface area (TPSA) is 54.7 Å². The van der Waals surface area contributed by atoms with Crippen LogP contribution >= 0.6 is 0 Å². The predicted molar refractivity (Wildman–Crippen MR) is 77.0 cm³/mol. The molecule has 0 unspecified atom stereocenters. The molecule has 5 heteroatoms. The van der Waals surface area contributed by atoms with E-state index in [1.807, 2.05) is 18.2 Å². The van der Waals surface area contributed by atoms with Crippen molar-refractivity contribution < 1.29 is 14.2 Å². The highest BCUT2D eigenvalue weighted by molar-refractivity contribution is 5.42. The molecular weight excluding hydrogens is 268 g/mol. The number of nitriles is 1. The van der Waals surface area contributed by atoms with Crippen LogP contribution in [0.3, 0.4) is 0 Å². The molecule has 0 atom stereocenters. The SMILES string of the molecule is N#Cc1ccccc1OCCN1CCC2(CC1)OCCO2. The Morgan fingerprint density at radius 3 is 2.62 bits per heavy atom. The van der Waals surface area contributed by atoms with Crippen molar-refractivity contribution in [1.29, 1.82) is 5.26 Å². The zero-order valence-electron chi connectivity index (χ0n) is 12.1. The van der Waals surface area contributed by atoms with E-state index in [1.54, 1.807) is 6.07 Å². The van der Waals surface area contributed by atoms with Crippen molar-refractivity contribution in [2.75, 3.05) is 39.5 Å². The first-order valence-corrected chi connectivity index (χ1v) is 7.44. The largest absolute Gasteiger partial charge is 0.491 e. The fourth-order valence-corrected chi connectivity index (χ4v) is 2.87. The van der Waals surface area contributed by atoms with E-state index in [1.165, 1.54) is 0 Å². The fraction of sp³-hybridized carbons (Fsp3) is 0.562. The van der Waals surface area contributed by atoms with E-state index in [4.69, 9.17) is 19.5 Å². The smallest absolute Gasteiger partial charge is 0.170 e. The Morgan fingerprint density at radius 1 is 1.19 bits per heavy atom. The number of hydrogen-bond acceptors (Lipinski definition) is 5. The maximum atomic E-state index is 9.02. The summed E-state index contributed by atoms with van der Waals surface area (Å²) in [7, 11) is 0. The van der Waals surface area contributed by atoms with Crippen molar-refractivity contribution in [2.45, 2.75) is 18.6 Å². The summed E-state index contributed by atoms with van der Waals surface area (Å²) in [4.78, 5) is 2.35. The predicted octanol–water partition coefficient (Wildman–Crippen LogP) is 1.78. The number of nitrogens with zero attached hydrogens (tertiary/aromatic N) is 2. The Kier molecular flexibility index (Phi) is 4.39. The second-order valence-electron chi connectivity index (χ2n) is 5.41. The molecule has 1 spiro atoms. The van der Waals surface area contributed by atoms with Crippen LogP contribution in [0.5, 0.6) is 5.75 Å². The third-order valence-corrected chi connectivity index (χ3v) is 4.10. The van der Waals surface area contributed by atoms with E-state index in [9.17, 15) is 0 Å². The van der Waals surface area contributed by atoms with Crippen LogP contribution in [0.25, 0.3) is 0 Å². The van der Waals surface area contributed by atoms with Crippen LogP contribution in [0.2, 0.25) is 0 Å². The number of ether oxygens (including phenoxy) is 3. The van der Waals surface area contributed by atoms with Gasteiger partial charge in [0.1, 0.15) is 18.4 Å². The number of piperidine rings is 1. The molecule has 2 fully saturated rings. The quantitative estimate of drug-likeness (QED) is 0.845. The molecular formula is C16H20N2O3. The standard InChI is InChI=1S/C16H20N2O3/c17-13-14-3-1-2-4-15(14)19-10-9-18-7-5-16(6-8-18)20-11-12-21-16/h1-4H,5-12H2. The van der Waals surface area contributed by atoms with Gasteiger partial charge in [0.15, 0.2) is 5.79 Å². The third kappa shape index (κ3) is 3.35. The molecule has 1 aromatic rings. The highest BCUT2D eigenvalue weighted by Gasteiger charge is 2.39. The highest BCUT2D eigenvalue weighted by Crippen LogP contribution is 2.31. The maximum absolute atomic E-state index is 9.02. The van der Waals surface area contributed by atoms with E-state index in [2.05, 4.69) is 11.0 Å². The van der Waals surface area contributed by atoms with Crippen LogP contribution in [0.4, 0.5) is 0 Å². The van der Waals surface area contributed by atoms with Crippen molar-refractivity contribution in [2.24, 2.45) is 0 Å². The molecule has 112 valence electrons. The van der Waals surface area contributed by atoms with Gasteiger partial charge in [-0.1, -0.05) is 12.1 Å². The Hall–Kier alpha value is -1.61. The molecule has 2 saturated heterocycles. The molecule has 3 rings (SSSR count). The molecule has 0 radical (unpaired) electrons. The molecule has 2 aliphatic heterocycles. The van der Waals surface area contributed by atoms with Crippen molar-refractivity contribution in [3.63, 3.8) is 0 Å². The minimum Gasteiger partial charge on any atom is -0.491 e. The summed E-state index contributed by atoms with van der Waals surface area (Å²) in [6, 6.07) is 9.48. The number of hydrogen-bond donors (Lipinski definition) is 0. The van der Waals surface area contributed by atoms with E-state index in [0.29, 0.717) is 31.1 Å². The molecule has 0 amide bonds. The number of para-hydroxylation sites is 1. The normalized spacial score (nSPS) is 21.3. The Morgan fingerprint density at radius 2 is 1.90 bits per heavy atom. The monoisotopic (exact) mass is 288 g/mol. The zero-order chi connectivity index (χ0) is 14.5. The number of benzene rings is 1. The van der Waals surface area contributed by atoms with Crippen LogP contribution in [-0.4, -0.2) is 50.1 Å². The van der Waals surface area contributed by atoms with Gasteiger partial charge in [0, 0.05) is 32.5 Å². The average Bonchev–Trinajstić information content (AvgIpc) is 2.98. The van der Waals surface area contributed by atoms with Crippen LogP contribution in [0.15, 0.2) is 24.3 Å². The molecule has 5 nitrogen and oxygen atoms in total. The first-order valence-electron chi connectivity index (χ1n) is 7.44. The first kappa shape index (κ1) is 14.3. The van der Waals surface area contributed by atoms with Gasteiger partial charge in [-0.3, -0.25) is 4.90 Å². The number of rotatable bonds is 4. The van der Waals surface area contributed by atoms with Crippen LogP contribution in [-0.2, 0) is 9.47 Å². The molecule has 0 saturated carbocycles. The second-order valence-corrected chi connectivity index (χ2v) is 5.41. The molecule has 2 aliphatic rings. The summed E-state index contributed by atoms with van der Waals surface area (Å²) in [5, 5.41) is 9.02. The van der Waals surface area contributed by atoms with Gasteiger partial charge in [-0.25, -0.2) is 0 Å². The van der Waals surface area contributed by atoms with Gasteiger partial charge in [0.25, 0.3) is 0 Å². The lowest BCUT2D eigenvalue weighted by Crippen LogP contribution is -2.46. The molecule has 0 aromatic heterocycles. The summed E-state index contributed by atoms with van der Waals surface area (Å²) >= 11 is 0. The van der Waals surface area contributed by atoms with Crippen molar-refractivity contribution in [3.05, 3.63) is 29.8 Å². The van der Waals surface area contributed by atoms with E-state index in [-0.39, 0.29) is 5.79 Å². The molecule has 2 heterocycles. The van der Waals surface area contributed by atoms with Gasteiger partial charge in [0.2, 0.25) is 0 Å². The third-order valence-electron chi connectivity index (χ3n) is 4.10. The number of likely N-dealkylation sites (tertiary alicyclic amines) is 1. The minimum absolute atomic E-state index is 0.315. The molecule has 0 aliphatic carbocycles. The lowest BCUT2D eigenvalue weighted by molar-refractivity contribution is -0.185. The van der Waals surface area contributed by atoms with Gasteiger partial charge in [-0.05, 0) is 12.1 Å². The fourth-order valence-electron chi connectivity index (χ4n) is 2.87. The lowest BCUT2D eigenvalue weighted by Gasteiger charge is -2.37. The van der Waals surface area contributed by atoms with Gasteiger partial charge in [0.05, 0.1) is 18.8 Å². The van der Waals surface area contributed by atoms with Crippen molar-refractivity contribution >= 4 is 0 Å². The summed E-state index contributed by atoms with van der Waals surface area (Å²) in [6.45, 7) is 4.80. The summed E-state index contributed by atoms with van der Waals surface area (Å²) < 4.78 is 17.2. The van der Waals surface area contributed by atoms with Gasteiger partial charge in [-0.15, -0.1) is 0 Å². The minimum atomic E-state index is -0.315. The summed E-state index contributed by atoms with van der Waals surface area (Å²) in [6.07, 6.45) is 1.84. The van der Waals surface area contributed by atoms with Crippen molar-refractivity contribution in [3.8, 4) is 11.8 Å². The molecule has 0 bridgehead atoms. The highest BCUT2D eigenvalue weighted by atomic mass is 16.7. The lowest BCUT2D eigenvalue weighted by atomic mass is 10.0. The Balaban J connectivity index is 1.43. The van der Waals surface area contributed by atoms with Gasteiger partial charge in [-0.2, -0.15) is 5.26 Å². The van der Waals surface area contributed by atoms with E-state index < -0.39 is 0 Å². The maximum Gasteiger partial charge on any atom is 0.170 e. The van der Waals surface area contributed by atoms with Crippen LogP contribution in [0.1, 0.15) is 18.4 Å². The first-order chi connectivity index (χ1) is 10.3. The van der Waals surface area contributed by atoms with Gasteiger partial charge < -0.3 is 14.2 Å². The zero-order valence-corrected chi connectivity index (χ0v) is 12.1. The molecule has 1 aromatic carbocycles. The molecule has 0 N–H and O–H groups in total. The van der Waals surface area contributed by atoms with E-state index in [0.717, 1.165) is 32.5 Å². The Bertz CT molecular complexity index is 510. The second kappa shape index (κ2) is 6.44. The average molecular weight is 288 g/mol.